The first-order chi connectivity index (χ1) is 10.2. The van der Waals surface area contributed by atoms with E-state index in [4.69, 9.17) is 19.9 Å². The number of nitrogen functional groups attached to an aromatic ring is 1. The van der Waals surface area contributed by atoms with Crippen LogP contribution in [0.2, 0.25) is 0 Å². The lowest BCUT2D eigenvalue weighted by molar-refractivity contribution is 0.387. The van der Waals surface area contributed by atoms with Crippen LogP contribution in [-0.2, 0) is 0 Å². The molecule has 0 unspecified atom stereocenters. The highest BCUT2D eigenvalue weighted by Gasteiger charge is 2.10. The summed E-state index contributed by atoms with van der Waals surface area (Å²) >= 11 is 1.54. The maximum Gasteiger partial charge on any atom is 0.152 e. The second-order valence-corrected chi connectivity index (χ2v) is 5.21. The quantitative estimate of drug-likeness (QED) is 0.744. The van der Waals surface area contributed by atoms with Gasteiger partial charge in [-0.25, -0.2) is 4.98 Å². The average molecular weight is 302 g/mol. The van der Waals surface area contributed by atoms with E-state index in [-0.39, 0.29) is 0 Å². The molecule has 3 rings (SSSR count). The van der Waals surface area contributed by atoms with Crippen LogP contribution < -0.4 is 19.9 Å². The number of nitrogens with two attached hydrogens (primary N) is 1. The molecular weight excluding hydrogens is 288 g/mol. The van der Waals surface area contributed by atoms with Crippen LogP contribution in [0.5, 0.6) is 23.0 Å². The van der Waals surface area contributed by atoms with Crippen LogP contribution in [0.4, 0.5) is 5.69 Å². The Hall–Kier alpha value is -2.47. The third-order valence-corrected chi connectivity index (χ3v) is 3.85. The number of anilines is 1. The molecule has 0 radical (unpaired) electrons. The number of rotatable bonds is 4. The summed E-state index contributed by atoms with van der Waals surface area (Å²) in [5, 5.41) is 0. The summed E-state index contributed by atoms with van der Waals surface area (Å²) in [6.45, 7) is 0. The van der Waals surface area contributed by atoms with E-state index < -0.39 is 0 Å². The molecule has 6 heteroatoms. The predicted molar refractivity (Wildman–Crippen MR) is 83.7 cm³/mol. The third kappa shape index (κ3) is 2.57. The van der Waals surface area contributed by atoms with Gasteiger partial charge in [0, 0.05) is 18.2 Å². The summed E-state index contributed by atoms with van der Waals surface area (Å²) in [7, 11) is 3.18. The lowest BCUT2D eigenvalue weighted by Crippen LogP contribution is -1.94. The number of ether oxygens (including phenoxy) is 3. The Morgan fingerprint density at radius 2 is 1.67 bits per heavy atom. The first-order valence-electron chi connectivity index (χ1n) is 6.24. The van der Waals surface area contributed by atoms with Gasteiger partial charge in [-0.1, -0.05) is 0 Å². The average Bonchev–Trinajstić information content (AvgIpc) is 2.99. The van der Waals surface area contributed by atoms with Gasteiger partial charge >= 0.3 is 0 Å². The van der Waals surface area contributed by atoms with Gasteiger partial charge in [0.25, 0.3) is 0 Å². The molecule has 5 nitrogen and oxygen atoms in total. The number of nitrogens with zero attached hydrogens (tertiary/aromatic N) is 1. The Kier molecular flexibility index (Phi) is 3.53. The summed E-state index contributed by atoms with van der Waals surface area (Å²) < 4.78 is 17.3. The smallest absolute Gasteiger partial charge is 0.152 e. The normalized spacial score (nSPS) is 10.6. The van der Waals surface area contributed by atoms with Gasteiger partial charge in [-0.05, 0) is 12.1 Å². The molecule has 0 aliphatic rings. The van der Waals surface area contributed by atoms with Crippen LogP contribution in [-0.4, -0.2) is 19.2 Å². The van der Waals surface area contributed by atoms with E-state index in [1.54, 1.807) is 49.3 Å². The second kappa shape index (κ2) is 5.49. The molecule has 21 heavy (non-hydrogen) atoms. The van der Waals surface area contributed by atoms with Crippen molar-refractivity contribution in [3.05, 3.63) is 35.8 Å². The van der Waals surface area contributed by atoms with Crippen molar-refractivity contribution in [2.45, 2.75) is 0 Å². The van der Waals surface area contributed by atoms with E-state index in [1.165, 1.54) is 0 Å². The van der Waals surface area contributed by atoms with Crippen molar-refractivity contribution in [1.82, 2.24) is 4.98 Å². The Morgan fingerprint density at radius 3 is 2.33 bits per heavy atom. The molecule has 2 aromatic carbocycles. The fourth-order valence-corrected chi connectivity index (χ4v) is 2.68. The Morgan fingerprint density at radius 1 is 1.00 bits per heavy atom. The fraction of sp³-hybridized carbons (Fsp3) is 0.133. The zero-order valence-electron chi connectivity index (χ0n) is 11.6. The van der Waals surface area contributed by atoms with Crippen LogP contribution >= 0.6 is 11.3 Å². The topological polar surface area (TPSA) is 66.6 Å². The molecule has 1 heterocycles. The van der Waals surface area contributed by atoms with Crippen molar-refractivity contribution in [2.24, 2.45) is 0 Å². The van der Waals surface area contributed by atoms with Gasteiger partial charge < -0.3 is 19.9 Å². The Labute approximate surface area is 125 Å². The monoisotopic (exact) mass is 302 g/mol. The number of aromatic nitrogens is 1. The Balaban J connectivity index is 1.99. The van der Waals surface area contributed by atoms with Gasteiger partial charge in [0.1, 0.15) is 28.5 Å². The second-order valence-electron chi connectivity index (χ2n) is 4.33. The minimum atomic E-state index is 0.524. The number of fused-ring (bicyclic) bond motifs is 1. The van der Waals surface area contributed by atoms with Gasteiger partial charge in [-0.3, -0.25) is 0 Å². The number of hydrogen-bond acceptors (Lipinski definition) is 6. The van der Waals surface area contributed by atoms with Crippen molar-refractivity contribution in [3.63, 3.8) is 0 Å². The highest BCUT2D eigenvalue weighted by molar-refractivity contribution is 7.16. The van der Waals surface area contributed by atoms with E-state index in [2.05, 4.69) is 4.98 Å². The van der Waals surface area contributed by atoms with E-state index in [0.29, 0.717) is 28.7 Å². The molecule has 0 aliphatic heterocycles. The molecule has 0 amide bonds. The summed E-state index contributed by atoms with van der Waals surface area (Å²) in [6, 6.07) is 9.10. The molecular formula is C15H14N2O3S. The van der Waals surface area contributed by atoms with E-state index in [9.17, 15) is 0 Å². The molecule has 0 aliphatic carbocycles. The summed E-state index contributed by atoms with van der Waals surface area (Å²) in [5.74, 6) is 2.45. The number of benzene rings is 2. The molecule has 2 N–H and O–H groups in total. The zero-order chi connectivity index (χ0) is 14.8. The van der Waals surface area contributed by atoms with E-state index in [1.807, 2.05) is 12.1 Å². The first kappa shape index (κ1) is 13.5. The van der Waals surface area contributed by atoms with Crippen molar-refractivity contribution >= 4 is 27.2 Å². The molecule has 0 saturated heterocycles. The summed E-state index contributed by atoms with van der Waals surface area (Å²) in [4.78, 5) is 4.25. The number of thiazole rings is 1. The van der Waals surface area contributed by atoms with Gasteiger partial charge in [0.15, 0.2) is 5.75 Å². The molecule has 0 atom stereocenters. The minimum Gasteiger partial charge on any atom is -0.496 e. The molecule has 0 saturated carbocycles. The van der Waals surface area contributed by atoms with Crippen LogP contribution in [0.3, 0.4) is 0 Å². The zero-order valence-corrected chi connectivity index (χ0v) is 12.4. The maximum absolute atomic E-state index is 6.11. The van der Waals surface area contributed by atoms with E-state index >= 15 is 0 Å². The summed E-state index contributed by atoms with van der Waals surface area (Å²) in [5.41, 5.74) is 9.15. The van der Waals surface area contributed by atoms with Crippen LogP contribution in [0.25, 0.3) is 10.2 Å². The van der Waals surface area contributed by atoms with Gasteiger partial charge in [0.05, 0.1) is 24.4 Å². The highest BCUT2D eigenvalue weighted by atomic mass is 32.1. The number of hydrogen-bond donors (Lipinski definition) is 1. The number of methoxy groups -OCH3 is 2. The van der Waals surface area contributed by atoms with Crippen LogP contribution in [0, 0.1) is 0 Å². The first-order valence-corrected chi connectivity index (χ1v) is 7.12. The fourth-order valence-electron chi connectivity index (χ4n) is 1.99. The van der Waals surface area contributed by atoms with Crippen LogP contribution in [0.15, 0.2) is 35.8 Å². The Bertz CT molecular complexity index is 763. The third-order valence-electron chi connectivity index (χ3n) is 3.05. The lowest BCUT2D eigenvalue weighted by Gasteiger charge is -2.11. The highest BCUT2D eigenvalue weighted by Crippen LogP contribution is 2.36. The predicted octanol–water partition coefficient (Wildman–Crippen LogP) is 3.69. The van der Waals surface area contributed by atoms with Gasteiger partial charge in [-0.15, -0.1) is 11.3 Å². The molecule has 3 aromatic rings. The minimum absolute atomic E-state index is 0.524. The SMILES string of the molecule is COc1cc(OC)cc(Oc2ccc3scnc3c2N)c1. The van der Waals surface area contributed by atoms with Crippen LogP contribution in [0.1, 0.15) is 0 Å². The molecule has 0 fully saturated rings. The van der Waals surface area contributed by atoms with Crippen molar-refractivity contribution in [2.75, 3.05) is 20.0 Å². The molecule has 108 valence electrons. The van der Waals surface area contributed by atoms with Crippen molar-refractivity contribution in [1.29, 1.82) is 0 Å². The standard InChI is InChI=1S/C15H14N2O3S/c1-18-9-5-10(19-2)7-11(6-9)20-12-3-4-13-15(14(12)16)17-8-21-13/h3-8H,16H2,1-2H3. The van der Waals surface area contributed by atoms with Gasteiger partial charge in [-0.2, -0.15) is 0 Å². The molecule has 0 spiro atoms. The van der Waals surface area contributed by atoms with E-state index in [0.717, 1.165) is 10.2 Å². The summed E-state index contributed by atoms with van der Waals surface area (Å²) in [6.07, 6.45) is 0. The van der Waals surface area contributed by atoms with Gasteiger partial charge in [0.2, 0.25) is 0 Å². The molecule has 1 aromatic heterocycles. The lowest BCUT2D eigenvalue weighted by atomic mass is 10.2. The maximum atomic E-state index is 6.11. The van der Waals surface area contributed by atoms with Crippen molar-refractivity contribution < 1.29 is 14.2 Å². The van der Waals surface area contributed by atoms with Crippen molar-refractivity contribution in [3.8, 4) is 23.0 Å². The largest absolute Gasteiger partial charge is 0.496 e. The molecule has 0 bridgehead atoms.